The topological polar surface area (TPSA) is 53.7 Å². The minimum Gasteiger partial charge on any atom is -0.494 e. The van der Waals surface area contributed by atoms with Crippen molar-refractivity contribution in [2.45, 2.75) is 37.8 Å². The van der Waals surface area contributed by atoms with E-state index in [1.165, 1.54) is 13.2 Å². The second-order valence-electron chi connectivity index (χ2n) is 5.39. The molecular formula is C16H24FNO3. The van der Waals surface area contributed by atoms with Crippen LogP contribution in [0.3, 0.4) is 0 Å². The largest absolute Gasteiger partial charge is 0.494 e. The molecule has 1 aliphatic rings. The predicted octanol–water partition coefficient (Wildman–Crippen LogP) is 2.29. The van der Waals surface area contributed by atoms with Crippen molar-refractivity contribution >= 4 is 0 Å². The average molecular weight is 297 g/mol. The first-order valence-corrected chi connectivity index (χ1v) is 7.41. The van der Waals surface area contributed by atoms with Crippen molar-refractivity contribution in [1.82, 2.24) is 0 Å². The number of benzene rings is 1. The van der Waals surface area contributed by atoms with E-state index >= 15 is 0 Å². The van der Waals surface area contributed by atoms with Gasteiger partial charge in [0.1, 0.15) is 0 Å². The summed E-state index contributed by atoms with van der Waals surface area (Å²) < 4.78 is 30.1. The van der Waals surface area contributed by atoms with E-state index in [1.807, 2.05) is 13.0 Å². The van der Waals surface area contributed by atoms with Crippen molar-refractivity contribution in [2.75, 3.05) is 26.9 Å². The highest BCUT2D eigenvalue weighted by atomic mass is 19.1. The van der Waals surface area contributed by atoms with E-state index < -0.39 is 0 Å². The second kappa shape index (κ2) is 7.20. The van der Waals surface area contributed by atoms with Gasteiger partial charge in [-0.3, -0.25) is 0 Å². The fourth-order valence-corrected chi connectivity index (χ4v) is 2.90. The quantitative estimate of drug-likeness (QED) is 0.875. The molecule has 0 bridgehead atoms. The molecule has 1 aliphatic heterocycles. The van der Waals surface area contributed by atoms with E-state index in [2.05, 4.69) is 0 Å². The van der Waals surface area contributed by atoms with Crippen LogP contribution in [0.25, 0.3) is 0 Å². The van der Waals surface area contributed by atoms with Crippen LogP contribution in [-0.2, 0) is 15.9 Å². The molecule has 2 rings (SSSR count). The van der Waals surface area contributed by atoms with Gasteiger partial charge < -0.3 is 19.9 Å². The molecule has 0 aromatic heterocycles. The summed E-state index contributed by atoms with van der Waals surface area (Å²) in [6.45, 7) is 3.90. The Morgan fingerprint density at radius 2 is 2.10 bits per heavy atom. The van der Waals surface area contributed by atoms with Crippen LogP contribution < -0.4 is 10.5 Å². The third-order valence-corrected chi connectivity index (χ3v) is 4.12. The van der Waals surface area contributed by atoms with Crippen molar-refractivity contribution in [1.29, 1.82) is 0 Å². The summed E-state index contributed by atoms with van der Waals surface area (Å²) in [5.74, 6) is -0.113. The maximum absolute atomic E-state index is 13.8. The van der Waals surface area contributed by atoms with Crippen molar-refractivity contribution < 1.29 is 18.6 Å². The maximum atomic E-state index is 13.8. The number of nitrogens with two attached hydrogens (primary N) is 1. The Balaban J connectivity index is 2.11. The van der Waals surface area contributed by atoms with Gasteiger partial charge in [0.2, 0.25) is 0 Å². The first kappa shape index (κ1) is 16.2. The van der Waals surface area contributed by atoms with Gasteiger partial charge in [0, 0.05) is 38.7 Å². The van der Waals surface area contributed by atoms with Crippen LogP contribution in [-0.4, -0.2) is 38.6 Å². The molecule has 1 atom stereocenters. The molecule has 1 saturated heterocycles. The normalized spacial score (nSPS) is 19.2. The van der Waals surface area contributed by atoms with E-state index in [9.17, 15) is 4.39 Å². The molecular weight excluding hydrogens is 273 g/mol. The molecule has 1 fully saturated rings. The van der Waals surface area contributed by atoms with Gasteiger partial charge in [-0.15, -0.1) is 0 Å². The van der Waals surface area contributed by atoms with E-state index in [1.54, 1.807) is 6.07 Å². The highest BCUT2D eigenvalue weighted by Gasteiger charge is 2.39. The van der Waals surface area contributed by atoms with Crippen LogP contribution >= 0.6 is 0 Å². The standard InChI is InChI=1S/C16H24FNO3/c1-3-21-16(6-8-20-9-7-16)15(18)11-12-4-5-14(19-2)13(17)10-12/h4-5,10,15H,3,6-9,11,18H2,1-2H3. The molecule has 0 radical (unpaired) electrons. The highest BCUT2D eigenvalue weighted by molar-refractivity contribution is 5.30. The molecule has 1 aromatic carbocycles. The molecule has 21 heavy (non-hydrogen) atoms. The zero-order valence-electron chi connectivity index (χ0n) is 12.7. The van der Waals surface area contributed by atoms with Crippen LogP contribution in [0.4, 0.5) is 4.39 Å². The van der Waals surface area contributed by atoms with Gasteiger partial charge in [-0.2, -0.15) is 0 Å². The monoisotopic (exact) mass is 297 g/mol. The van der Waals surface area contributed by atoms with Crippen molar-refractivity contribution in [3.8, 4) is 5.75 Å². The van der Waals surface area contributed by atoms with E-state index in [0.29, 0.717) is 26.2 Å². The van der Waals surface area contributed by atoms with Gasteiger partial charge in [0.15, 0.2) is 11.6 Å². The number of ether oxygens (including phenoxy) is 3. The molecule has 0 saturated carbocycles. The Kier molecular flexibility index (Phi) is 5.56. The van der Waals surface area contributed by atoms with E-state index in [4.69, 9.17) is 19.9 Å². The predicted molar refractivity (Wildman–Crippen MR) is 79.0 cm³/mol. The molecule has 1 unspecified atom stereocenters. The van der Waals surface area contributed by atoms with E-state index in [0.717, 1.165) is 18.4 Å². The lowest BCUT2D eigenvalue weighted by Crippen LogP contribution is -2.54. The first-order chi connectivity index (χ1) is 10.1. The molecule has 4 nitrogen and oxygen atoms in total. The smallest absolute Gasteiger partial charge is 0.165 e. The lowest BCUT2D eigenvalue weighted by Gasteiger charge is -2.41. The Morgan fingerprint density at radius 3 is 2.67 bits per heavy atom. The summed E-state index contributed by atoms with van der Waals surface area (Å²) >= 11 is 0. The average Bonchev–Trinajstić information content (AvgIpc) is 2.48. The van der Waals surface area contributed by atoms with Gasteiger partial charge in [-0.05, 0) is 31.0 Å². The third-order valence-electron chi connectivity index (χ3n) is 4.12. The number of rotatable bonds is 6. The van der Waals surface area contributed by atoms with E-state index in [-0.39, 0.29) is 23.2 Å². The molecule has 0 aliphatic carbocycles. The first-order valence-electron chi connectivity index (χ1n) is 7.41. The Morgan fingerprint density at radius 1 is 1.38 bits per heavy atom. The van der Waals surface area contributed by atoms with Gasteiger partial charge >= 0.3 is 0 Å². The van der Waals surface area contributed by atoms with Crippen LogP contribution in [0, 0.1) is 5.82 Å². The fraction of sp³-hybridized carbons (Fsp3) is 0.625. The molecule has 0 spiro atoms. The number of halogens is 1. The van der Waals surface area contributed by atoms with Gasteiger partial charge in [0.05, 0.1) is 12.7 Å². The van der Waals surface area contributed by atoms with Crippen molar-refractivity contribution in [3.05, 3.63) is 29.6 Å². The Hall–Kier alpha value is -1.17. The van der Waals surface area contributed by atoms with Crippen LogP contribution in [0.15, 0.2) is 18.2 Å². The molecule has 1 aromatic rings. The number of hydrogen-bond acceptors (Lipinski definition) is 4. The lowest BCUT2D eigenvalue weighted by atomic mass is 9.83. The molecule has 2 N–H and O–H groups in total. The van der Waals surface area contributed by atoms with Crippen LogP contribution in [0.2, 0.25) is 0 Å². The SMILES string of the molecule is CCOC1(C(N)Cc2ccc(OC)c(F)c2)CCOCC1. The summed E-state index contributed by atoms with van der Waals surface area (Å²) in [4.78, 5) is 0. The highest BCUT2D eigenvalue weighted by Crippen LogP contribution is 2.30. The molecule has 0 amide bonds. The van der Waals surface area contributed by atoms with Crippen LogP contribution in [0.5, 0.6) is 5.75 Å². The van der Waals surface area contributed by atoms with Gasteiger partial charge in [-0.1, -0.05) is 6.07 Å². The summed E-state index contributed by atoms with van der Waals surface area (Å²) in [5, 5.41) is 0. The van der Waals surface area contributed by atoms with Crippen LogP contribution in [0.1, 0.15) is 25.3 Å². The van der Waals surface area contributed by atoms with Gasteiger partial charge in [0.25, 0.3) is 0 Å². The zero-order chi connectivity index (χ0) is 15.3. The Bertz CT molecular complexity index is 455. The minimum absolute atomic E-state index is 0.186. The summed E-state index contributed by atoms with van der Waals surface area (Å²) in [6, 6.07) is 4.78. The molecule has 118 valence electrons. The number of methoxy groups -OCH3 is 1. The summed E-state index contributed by atoms with van der Waals surface area (Å²) in [6.07, 6.45) is 2.13. The van der Waals surface area contributed by atoms with Crippen molar-refractivity contribution in [2.24, 2.45) is 5.73 Å². The van der Waals surface area contributed by atoms with Crippen molar-refractivity contribution in [3.63, 3.8) is 0 Å². The number of hydrogen-bond donors (Lipinski definition) is 1. The Labute approximate surface area is 125 Å². The minimum atomic E-state index is -0.372. The molecule has 5 heteroatoms. The zero-order valence-corrected chi connectivity index (χ0v) is 12.7. The summed E-state index contributed by atoms with van der Waals surface area (Å²) in [7, 11) is 1.45. The van der Waals surface area contributed by atoms with Gasteiger partial charge in [-0.25, -0.2) is 4.39 Å². The lowest BCUT2D eigenvalue weighted by molar-refractivity contribution is -0.120. The fourth-order valence-electron chi connectivity index (χ4n) is 2.90. The third kappa shape index (κ3) is 3.73. The molecule has 1 heterocycles. The summed E-state index contributed by atoms with van der Waals surface area (Å²) in [5.41, 5.74) is 6.87. The second-order valence-corrected chi connectivity index (χ2v) is 5.39. The maximum Gasteiger partial charge on any atom is 0.165 e.